The van der Waals surface area contributed by atoms with Gasteiger partial charge in [-0.3, -0.25) is 4.79 Å². The molecule has 27 heavy (non-hydrogen) atoms. The molecule has 4 nitrogen and oxygen atoms in total. The third kappa shape index (κ3) is 4.03. The lowest BCUT2D eigenvalue weighted by Crippen LogP contribution is -2.12. The van der Waals surface area contributed by atoms with Gasteiger partial charge in [-0.25, -0.2) is 9.37 Å². The summed E-state index contributed by atoms with van der Waals surface area (Å²) in [7, 11) is 0. The molecule has 0 saturated carbocycles. The molecule has 0 spiro atoms. The molecule has 134 valence electrons. The van der Waals surface area contributed by atoms with E-state index in [1.807, 2.05) is 48.5 Å². The Morgan fingerprint density at radius 1 is 0.963 bits per heavy atom. The lowest BCUT2D eigenvalue weighted by molar-refractivity contribution is -0.116. The van der Waals surface area contributed by atoms with Crippen LogP contribution in [0.4, 0.5) is 10.1 Å². The average molecular weight is 360 g/mol. The maximum atomic E-state index is 12.9. The van der Waals surface area contributed by atoms with Crippen LogP contribution in [-0.4, -0.2) is 10.9 Å². The summed E-state index contributed by atoms with van der Waals surface area (Å²) in [6.07, 6.45) is 0.894. The first-order chi connectivity index (χ1) is 13.2. The van der Waals surface area contributed by atoms with Crippen molar-refractivity contribution in [1.29, 1.82) is 0 Å². The first kappa shape index (κ1) is 17.0. The first-order valence-electron chi connectivity index (χ1n) is 8.68. The van der Waals surface area contributed by atoms with Gasteiger partial charge < -0.3 is 9.73 Å². The van der Waals surface area contributed by atoms with Crippen LogP contribution in [0.2, 0.25) is 0 Å². The van der Waals surface area contributed by atoms with Gasteiger partial charge in [0.1, 0.15) is 11.3 Å². The number of carbonyl (C=O) groups excluding carboxylic acids is 1. The van der Waals surface area contributed by atoms with E-state index in [0.717, 1.165) is 22.2 Å². The summed E-state index contributed by atoms with van der Waals surface area (Å²) in [5.74, 6) is 0.182. The van der Waals surface area contributed by atoms with Crippen LogP contribution in [0, 0.1) is 5.82 Å². The minimum absolute atomic E-state index is 0.0889. The molecule has 5 heteroatoms. The van der Waals surface area contributed by atoms with Gasteiger partial charge in [-0.05, 0) is 60.5 Å². The molecule has 1 amide bonds. The molecule has 0 atom stereocenters. The monoisotopic (exact) mass is 360 g/mol. The number of hydrogen-bond acceptors (Lipinski definition) is 3. The summed E-state index contributed by atoms with van der Waals surface area (Å²) in [6.45, 7) is 0. The third-order valence-corrected chi connectivity index (χ3v) is 4.26. The number of halogens is 1. The number of amides is 1. The summed E-state index contributed by atoms with van der Waals surface area (Å²) in [5.41, 5.74) is 4.03. The highest BCUT2D eigenvalue weighted by atomic mass is 19.1. The molecule has 0 saturated heterocycles. The summed E-state index contributed by atoms with van der Waals surface area (Å²) >= 11 is 0. The van der Waals surface area contributed by atoms with E-state index in [-0.39, 0.29) is 11.7 Å². The van der Waals surface area contributed by atoms with E-state index in [0.29, 0.717) is 24.4 Å². The van der Waals surface area contributed by atoms with Gasteiger partial charge in [0, 0.05) is 17.7 Å². The number of aryl methyl sites for hydroxylation is 1. The number of nitrogens with zero attached hydrogens (tertiary/aromatic N) is 1. The number of hydrogen-bond donors (Lipinski definition) is 1. The summed E-state index contributed by atoms with van der Waals surface area (Å²) in [5, 5.41) is 2.86. The lowest BCUT2D eigenvalue weighted by atomic mass is 10.1. The largest absolute Gasteiger partial charge is 0.436 e. The number of rotatable bonds is 5. The molecule has 1 aromatic heterocycles. The van der Waals surface area contributed by atoms with Crippen LogP contribution in [0.1, 0.15) is 12.0 Å². The van der Waals surface area contributed by atoms with E-state index in [1.165, 1.54) is 12.1 Å². The number of fused-ring (bicyclic) bond motifs is 1. The molecule has 0 bridgehead atoms. The molecule has 0 aliphatic rings. The zero-order valence-electron chi connectivity index (χ0n) is 14.5. The van der Waals surface area contributed by atoms with Crippen molar-refractivity contribution < 1.29 is 13.6 Å². The number of carbonyl (C=O) groups is 1. The average Bonchev–Trinajstić information content (AvgIpc) is 3.12. The number of para-hydroxylation sites is 2. The van der Waals surface area contributed by atoms with Crippen LogP contribution in [0.15, 0.2) is 77.2 Å². The van der Waals surface area contributed by atoms with Crippen molar-refractivity contribution in [2.24, 2.45) is 0 Å². The second kappa shape index (κ2) is 7.41. The van der Waals surface area contributed by atoms with Gasteiger partial charge in [0.05, 0.1) is 0 Å². The smallest absolute Gasteiger partial charge is 0.227 e. The van der Waals surface area contributed by atoms with Gasteiger partial charge in [0.15, 0.2) is 5.58 Å². The Morgan fingerprint density at radius 2 is 1.70 bits per heavy atom. The van der Waals surface area contributed by atoms with Gasteiger partial charge in [0.2, 0.25) is 11.8 Å². The van der Waals surface area contributed by atoms with E-state index in [9.17, 15) is 9.18 Å². The number of anilines is 1. The van der Waals surface area contributed by atoms with Crippen LogP contribution >= 0.6 is 0 Å². The van der Waals surface area contributed by atoms with Gasteiger partial charge in [-0.15, -0.1) is 0 Å². The quantitative estimate of drug-likeness (QED) is 0.532. The van der Waals surface area contributed by atoms with Crippen LogP contribution in [0.3, 0.4) is 0 Å². The highest BCUT2D eigenvalue weighted by molar-refractivity contribution is 5.91. The van der Waals surface area contributed by atoms with E-state index in [2.05, 4.69) is 10.3 Å². The Bertz CT molecular complexity index is 1040. The second-order valence-electron chi connectivity index (χ2n) is 6.24. The number of aromatic nitrogens is 1. The Kier molecular flexibility index (Phi) is 4.66. The summed E-state index contributed by atoms with van der Waals surface area (Å²) < 4.78 is 18.6. The van der Waals surface area contributed by atoms with Gasteiger partial charge >= 0.3 is 0 Å². The Balaban J connectivity index is 1.38. The fraction of sp³-hybridized carbons (Fsp3) is 0.0909. The molecule has 0 fully saturated rings. The van der Waals surface area contributed by atoms with Crippen LogP contribution in [-0.2, 0) is 11.2 Å². The van der Waals surface area contributed by atoms with Crippen LogP contribution in [0.25, 0.3) is 22.6 Å². The molecule has 4 rings (SSSR count). The Morgan fingerprint density at radius 3 is 2.44 bits per heavy atom. The van der Waals surface area contributed by atoms with Crippen molar-refractivity contribution in [3.63, 3.8) is 0 Å². The highest BCUT2D eigenvalue weighted by Crippen LogP contribution is 2.25. The molecule has 4 aromatic rings. The maximum absolute atomic E-state index is 12.9. The van der Waals surface area contributed by atoms with Crippen molar-refractivity contribution in [3.8, 4) is 11.5 Å². The molecule has 0 aliphatic heterocycles. The fourth-order valence-corrected chi connectivity index (χ4v) is 2.82. The molecule has 3 aromatic carbocycles. The van der Waals surface area contributed by atoms with Crippen LogP contribution in [0.5, 0.6) is 0 Å². The molecular formula is C22H17FN2O2. The maximum Gasteiger partial charge on any atom is 0.227 e. The predicted octanol–water partition coefficient (Wildman–Crippen LogP) is 5.21. The van der Waals surface area contributed by atoms with Crippen molar-refractivity contribution in [3.05, 3.63) is 84.2 Å². The second-order valence-corrected chi connectivity index (χ2v) is 6.24. The van der Waals surface area contributed by atoms with E-state index in [1.54, 1.807) is 12.1 Å². The Labute approximate surface area is 155 Å². The molecule has 1 heterocycles. The van der Waals surface area contributed by atoms with Crippen molar-refractivity contribution in [1.82, 2.24) is 4.98 Å². The summed E-state index contributed by atoms with van der Waals surface area (Å²) in [6, 6.07) is 21.1. The predicted molar refractivity (Wildman–Crippen MR) is 103 cm³/mol. The highest BCUT2D eigenvalue weighted by Gasteiger charge is 2.08. The minimum atomic E-state index is -0.276. The molecule has 0 unspecified atom stereocenters. The Hall–Kier alpha value is -3.47. The fourth-order valence-electron chi connectivity index (χ4n) is 2.82. The van der Waals surface area contributed by atoms with Gasteiger partial charge in [0.25, 0.3) is 0 Å². The van der Waals surface area contributed by atoms with Crippen molar-refractivity contribution in [2.45, 2.75) is 12.8 Å². The molecule has 1 N–H and O–H groups in total. The number of benzene rings is 3. The molecule has 0 radical (unpaired) electrons. The van der Waals surface area contributed by atoms with Gasteiger partial charge in [-0.2, -0.15) is 0 Å². The minimum Gasteiger partial charge on any atom is -0.436 e. The van der Waals surface area contributed by atoms with E-state index in [4.69, 9.17) is 4.42 Å². The first-order valence-corrected chi connectivity index (χ1v) is 8.68. The van der Waals surface area contributed by atoms with Crippen LogP contribution < -0.4 is 5.32 Å². The summed E-state index contributed by atoms with van der Waals surface area (Å²) in [4.78, 5) is 16.6. The topological polar surface area (TPSA) is 55.1 Å². The van der Waals surface area contributed by atoms with E-state index < -0.39 is 0 Å². The SMILES string of the molecule is O=C(CCc1ccc(F)cc1)Nc1ccc(-c2nc3ccccc3o2)cc1. The normalized spacial score (nSPS) is 10.9. The zero-order chi connectivity index (χ0) is 18.6. The lowest BCUT2D eigenvalue weighted by Gasteiger charge is -2.06. The molecule has 0 aliphatic carbocycles. The van der Waals surface area contributed by atoms with E-state index >= 15 is 0 Å². The zero-order valence-corrected chi connectivity index (χ0v) is 14.5. The number of oxazole rings is 1. The number of nitrogens with one attached hydrogen (secondary N) is 1. The molecular weight excluding hydrogens is 343 g/mol. The van der Waals surface area contributed by atoms with Gasteiger partial charge in [-0.1, -0.05) is 24.3 Å². The van der Waals surface area contributed by atoms with Crippen molar-refractivity contribution >= 4 is 22.7 Å². The standard InChI is InChI=1S/C22H17FN2O2/c23-17-10-5-15(6-11-17)7-14-21(26)24-18-12-8-16(9-13-18)22-25-19-3-1-2-4-20(19)27-22/h1-6,8-13H,7,14H2,(H,24,26). The third-order valence-electron chi connectivity index (χ3n) is 4.26. The van der Waals surface area contributed by atoms with Crippen molar-refractivity contribution in [2.75, 3.05) is 5.32 Å².